The summed E-state index contributed by atoms with van der Waals surface area (Å²) >= 11 is 6.47. The zero-order valence-electron chi connectivity index (χ0n) is 13.0. The van der Waals surface area contributed by atoms with E-state index in [-0.39, 0.29) is 0 Å². The van der Waals surface area contributed by atoms with E-state index < -0.39 is 0 Å². The van der Waals surface area contributed by atoms with Gasteiger partial charge in [0, 0.05) is 29.1 Å². The van der Waals surface area contributed by atoms with Crippen molar-refractivity contribution < 1.29 is 0 Å². The van der Waals surface area contributed by atoms with E-state index in [1.54, 1.807) is 0 Å². The summed E-state index contributed by atoms with van der Waals surface area (Å²) in [7, 11) is 0. The van der Waals surface area contributed by atoms with Crippen LogP contribution in [0.25, 0.3) is 27.8 Å². The fourth-order valence-corrected chi connectivity index (χ4v) is 3.50. The Balaban J connectivity index is 1.72. The molecule has 0 saturated heterocycles. The highest BCUT2D eigenvalue weighted by atomic mass is 35.5. The van der Waals surface area contributed by atoms with Gasteiger partial charge >= 0.3 is 0 Å². The van der Waals surface area contributed by atoms with E-state index in [1.165, 1.54) is 19.3 Å². The molecule has 4 nitrogen and oxygen atoms in total. The van der Waals surface area contributed by atoms with E-state index in [1.807, 2.05) is 47.1 Å². The van der Waals surface area contributed by atoms with Gasteiger partial charge in [0.15, 0.2) is 11.3 Å². The summed E-state index contributed by atoms with van der Waals surface area (Å²) in [5, 5.41) is 6.17. The molecule has 24 heavy (non-hydrogen) atoms. The molecule has 5 rings (SSSR count). The first-order valence-corrected chi connectivity index (χ1v) is 8.58. The van der Waals surface area contributed by atoms with Crippen molar-refractivity contribution in [3.8, 4) is 11.1 Å². The third kappa shape index (κ3) is 2.10. The first kappa shape index (κ1) is 13.9. The van der Waals surface area contributed by atoms with Crippen molar-refractivity contribution in [1.29, 1.82) is 0 Å². The number of rotatable bonds is 2. The molecule has 5 heteroatoms. The Hall–Kier alpha value is -2.46. The van der Waals surface area contributed by atoms with Crippen molar-refractivity contribution in [2.45, 2.75) is 25.2 Å². The fraction of sp³-hybridized carbons (Fsp3) is 0.211. The number of aromatic nitrogens is 4. The predicted octanol–water partition coefficient (Wildman–Crippen LogP) is 4.87. The Labute approximate surface area is 144 Å². The molecule has 0 bridgehead atoms. The van der Waals surface area contributed by atoms with Crippen LogP contribution in [0.2, 0.25) is 5.15 Å². The molecule has 1 saturated carbocycles. The van der Waals surface area contributed by atoms with E-state index in [0.717, 1.165) is 33.5 Å². The van der Waals surface area contributed by atoms with E-state index in [0.29, 0.717) is 11.1 Å². The lowest BCUT2D eigenvalue weighted by atomic mass is 9.83. The smallest absolute Gasteiger partial charge is 0.166 e. The zero-order valence-corrected chi connectivity index (χ0v) is 13.7. The first-order chi connectivity index (χ1) is 11.8. The van der Waals surface area contributed by atoms with Gasteiger partial charge in [0.2, 0.25) is 0 Å². The SMILES string of the molecule is Clc1nc2c(cnc3cc(C4CCC4)nn32)cc1-c1ccccc1. The third-order valence-corrected chi connectivity index (χ3v) is 5.13. The second kappa shape index (κ2) is 5.28. The van der Waals surface area contributed by atoms with Gasteiger partial charge < -0.3 is 0 Å². The number of hydrogen-bond donors (Lipinski definition) is 0. The highest BCUT2D eigenvalue weighted by molar-refractivity contribution is 6.32. The van der Waals surface area contributed by atoms with Crippen molar-refractivity contribution in [1.82, 2.24) is 19.6 Å². The van der Waals surface area contributed by atoms with Gasteiger partial charge in [-0.05, 0) is 24.5 Å². The number of nitrogens with zero attached hydrogens (tertiary/aromatic N) is 4. The predicted molar refractivity (Wildman–Crippen MR) is 95.3 cm³/mol. The fourth-order valence-electron chi connectivity index (χ4n) is 3.26. The average Bonchev–Trinajstić information content (AvgIpc) is 2.97. The molecule has 1 aliphatic rings. The van der Waals surface area contributed by atoms with Crippen LogP contribution in [0.3, 0.4) is 0 Å². The summed E-state index contributed by atoms with van der Waals surface area (Å²) in [5.41, 5.74) is 4.67. The second-order valence-electron chi connectivity index (χ2n) is 6.33. The molecule has 0 unspecified atom stereocenters. The molecule has 0 aliphatic heterocycles. The lowest BCUT2D eigenvalue weighted by Crippen LogP contribution is -2.09. The Kier molecular flexibility index (Phi) is 3.06. The summed E-state index contributed by atoms with van der Waals surface area (Å²) in [6, 6.07) is 14.2. The summed E-state index contributed by atoms with van der Waals surface area (Å²) in [4.78, 5) is 9.18. The normalized spacial score (nSPS) is 15.0. The molecule has 3 heterocycles. The number of halogens is 1. The van der Waals surface area contributed by atoms with E-state index in [4.69, 9.17) is 16.7 Å². The molecule has 4 aromatic rings. The highest BCUT2D eigenvalue weighted by Gasteiger charge is 2.23. The number of fused-ring (bicyclic) bond motifs is 3. The van der Waals surface area contributed by atoms with E-state index >= 15 is 0 Å². The van der Waals surface area contributed by atoms with Crippen LogP contribution in [-0.4, -0.2) is 19.6 Å². The lowest BCUT2D eigenvalue weighted by Gasteiger charge is -2.22. The van der Waals surface area contributed by atoms with Crippen LogP contribution in [0.1, 0.15) is 30.9 Å². The Morgan fingerprint density at radius 1 is 1.08 bits per heavy atom. The number of benzene rings is 1. The van der Waals surface area contributed by atoms with E-state index in [2.05, 4.69) is 16.0 Å². The van der Waals surface area contributed by atoms with Gasteiger partial charge in [-0.2, -0.15) is 9.61 Å². The topological polar surface area (TPSA) is 43.1 Å². The number of hydrogen-bond acceptors (Lipinski definition) is 3. The Bertz CT molecular complexity index is 1050. The maximum atomic E-state index is 6.47. The maximum absolute atomic E-state index is 6.47. The molecular formula is C19H15ClN4. The first-order valence-electron chi connectivity index (χ1n) is 8.20. The lowest BCUT2D eigenvalue weighted by molar-refractivity contribution is 0.410. The third-order valence-electron chi connectivity index (χ3n) is 4.84. The molecule has 0 radical (unpaired) electrons. The van der Waals surface area contributed by atoms with Gasteiger partial charge in [0.05, 0.1) is 5.69 Å². The molecule has 0 spiro atoms. The van der Waals surface area contributed by atoms with Crippen LogP contribution in [0.15, 0.2) is 48.7 Å². The maximum Gasteiger partial charge on any atom is 0.166 e. The molecule has 0 amide bonds. The van der Waals surface area contributed by atoms with Crippen molar-refractivity contribution >= 4 is 28.3 Å². The van der Waals surface area contributed by atoms with Crippen LogP contribution in [0, 0.1) is 0 Å². The minimum absolute atomic E-state index is 0.488. The monoisotopic (exact) mass is 334 g/mol. The van der Waals surface area contributed by atoms with Gasteiger partial charge in [-0.15, -0.1) is 0 Å². The molecule has 3 aromatic heterocycles. The molecular weight excluding hydrogens is 320 g/mol. The average molecular weight is 335 g/mol. The minimum atomic E-state index is 0.488. The molecule has 0 N–H and O–H groups in total. The van der Waals surface area contributed by atoms with Crippen molar-refractivity contribution in [2.24, 2.45) is 0 Å². The zero-order chi connectivity index (χ0) is 16.1. The van der Waals surface area contributed by atoms with Crippen LogP contribution in [0.5, 0.6) is 0 Å². The molecule has 0 atom stereocenters. The molecule has 1 fully saturated rings. The minimum Gasteiger partial charge on any atom is -0.236 e. The quantitative estimate of drug-likeness (QED) is 0.491. The molecule has 1 aromatic carbocycles. The standard InChI is InChI=1S/C19H15ClN4/c20-18-15(12-5-2-1-3-6-12)9-14-11-21-17-10-16(13-7-4-8-13)23-24(17)19(14)22-18/h1-3,5-6,9-11,13H,4,7-8H2. The van der Waals surface area contributed by atoms with Crippen LogP contribution >= 0.6 is 11.6 Å². The van der Waals surface area contributed by atoms with Gasteiger partial charge in [0.25, 0.3) is 0 Å². The van der Waals surface area contributed by atoms with Gasteiger partial charge in [-0.1, -0.05) is 48.4 Å². The van der Waals surface area contributed by atoms with Crippen LogP contribution in [0.4, 0.5) is 0 Å². The summed E-state index contributed by atoms with van der Waals surface area (Å²) in [6.07, 6.45) is 5.58. The summed E-state index contributed by atoms with van der Waals surface area (Å²) in [5.74, 6) is 0.570. The van der Waals surface area contributed by atoms with E-state index in [9.17, 15) is 0 Å². The van der Waals surface area contributed by atoms with Crippen LogP contribution < -0.4 is 0 Å². The van der Waals surface area contributed by atoms with Crippen molar-refractivity contribution in [3.63, 3.8) is 0 Å². The largest absolute Gasteiger partial charge is 0.236 e. The summed E-state index contributed by atoms with van der Waals surface area (Å²) < 4.78 is 1.82. The van der Waals surface area contributed by atoms with Gasteiger partial charge in [-0.3, -0.25) is 0 Å². The van der Waals surface area contributed by atoms with Gasteiger partial charge in [0.1, 0.15) is 5.15 Å². The van der Waals surface area contributed by atoms with Crippen molar-refractivity contribution in [2.75, 3.05) is 0 Å². The number of pyridine rings is 1. The van der Waals surface area contributed by atoms with Crippen molar-refractivity contribution in [3.05, 3.63) is 59.5 Å². The molecule has 1 aliphatic carbocycles. The summed E-state index contributed by atoms with van der Waals surface area (Å²) in [6.45, 7) is 0. The van der Waals surface area contributed by atoms with Crippen LogP contribution in [-0.2, 0) is 0 Å². The second-order valence-corrected chi connectivity index (χ2v) is 6.69. The highest BCUT2D eigenvalue weighted by Crippen LogP contribution is 2.36. The van der Waals surface area contributed by atoms with Gasteiger partial charge in [-0.25, -0.2) is 9.97 Å². The molecule has 118 valence electrons. The Morgan fingerprint density at radius 3 is 2.67 bits per heavy atom. The Morgan fingerprint density at radius 2 is 1.92 bits per heavy atom.